The van der Waals surface area contributed by atoms with Gasteiger partial charge in [-0.15, -0.1) is 10.2 Å². The van der Waals surface area contributed by atoms with Crippen molar-refractivity contribution < 1.29 is 9.59 Å². The number of nitrogens with zero attached hydrogens (tertiary/aromatic N) is 3. The molecule has 6 nitrogen and oxygen atoms in total. The van der Waals surface area contributed by atoms with Gasteiger partial charge in [0.1, 0.15) is 5.82 Å². The summed E-state index contributed by atoms with van der Waals surface area (Å²) in [5.41, 5.74) is 2.75. The summed E-state index contributed by atoms with van der Waals surface area (Å²) in [5, 5.41) is 12.2. The predicted octanol–water partition coefficient (Wildman–Crippen LogP) is 4.38. The lowest BCUT2D eigenvalue weighted by Gasteiger charge is -2.10. The molecule has 0 bridgehead atoms. The van der Waals surface area contributed by atoms with E-state index in [0.717, 1.165) is 28.0 Å². The number of nitrogens with one attached hydrogen (secondary N) is 1. The van der Waals surface area contributed by atoms with E-state index < -0.39 is 0 Å². The molecule has 0 saturated heterocycles. The van der Waals surface area contributed by atoms with Crippen molar-refractivity contribution in [2.45, 2.75) is 31.8 Å². The number of carbonyl (C=O) groups excluding carboxylic acids is 2. The summed E-state index contributed by atoms with van der Waals surface area (Å²) in [4.78, 5) is 23.7. The molecule has 1 N–H and O–H groups in total. The van der Waals surface area contributed by atoms with Gasteiger partial charge < -0.3 is 5.32 Å². The van der Waals surface area contributed by atoms with Gasteiger partial charge in [0.15, 0.2) is 10.9 Å². The summed E-state index contributed by atoms with van der Waals surface area (Å²) in [6, 6.07) is 15.5. The van der Waals surface area contributed by atoms with Crippen LogP contribution in [-0.4, -0.2) is 38.8 Å². The van der Waals surface area contributed by atoms with E-state index in [2.05, 4.69) is 31.4 Å². The van der Waals surface area contributed by atoms with E-state index in [1.54, 1.807) is 0 Å². The molecule has 1 aromatic heterocycles. The average molecular weight is 487 g/mol. The smallest absolute Gasteiger partial charge is 0.216 e. The average Bonchev–Trinajstić information content (AvgIpc) is 3.13. The van der Waals surface area contributed by atoms with Crippen LogP contribution in [0.2, 0.25) is 0 Å². The van der Waals surface area contributed by atoms with E-state index in [1.807, 2.05) is 60.0 Å². The van der Waals surface area contributed by atoms with Gasteiger partial charge in [0, 0.05) is 35.6 Å². The topological polar surface area (TPSA) is 76.9 Å². The fourth-order valence-electron chi connectivity index (χ4n) is 2.87. The maximum Gasteiger partial charge on any atom is 0.216 e. The third kappa shape index (κ3) is 6.03. The Bertz CT molecular complexity index is 1020. The zero-order valence-corrected chi connectivity index (χ0v) is 19.3. The number of amides is 1. The van der Waals surface area contributed by atoms with Crippen LogP contribution >= 0.6 is 27.7 Å². The van der Waals surface area contributed by atoms with Gasteiger partial charge in [0.2, 0.25) is 5.91 Å². The molecular weight excluding hydrogens is 464 g/mol. The van der Waals surface area contributed by atoms with Gasteiger partial charge in [-0.3, -0.25) is 14.2 Å². The monoisotopic (exact) mass is 486 g/mol. The van der Waals surface area contributed by atoms with Crippen molar-refractivity contribution in [3.63, 3.8) is 0 Å². The number of rotatable bonds is 9. The van der Waals surface area contributed by atoms with Gasteiger partial charge >= 0.3 is 0 Å². The Morgan fingerprint density at radius 2 is 1.77 bits per heavy atom. The zero-order chi connectivity index (χ0) is 21.5. The standard InChI is InChI=1S/C22H23BrN4O2S/c1-15-5-7-17(8-6-15)20(29)14-30-22-26-25-21(4-3-13-24-16(2)28)27(22)19-11-9-18(23)10-12-19/h5-12H,3-4,13-14H2,1-2H3,(H,24,28). The summed E-state index contributed by atoms with van der Waals surface area (Å²) < 4.78 is 2.96. The van der Waals surface area contributed by atoms with Gasteiger partial charge in [-0.1, -0.05) is 57.5 Å². The Balaban J connectivity index is 1.77. The van der Waals surface area contributed by atoms with Crippen LogP contribution in [0.15, 0.2) is 58.2 Å². The fraction of sp³-hybridized carbons (Fsp3) is 0.273. The van der Waals surface area contributed by atoms with Gasteiger partial charge in [-0.2, -0.15) is 0 Å². The molecule has 30 heavy (non-hydrogen) atoms. The van der Waals surface area contributed by atoms with E-state index in [9.17, 15) is 9.59 Å². The largest absolute Gasteiger partial charge is 0.356 e. The molecule has 3 rings (SSSR count). The number of aryl methyl sites for hydroxylation is 2. The van der Waals surface area contributed by atoms with Crippen LogP contribution in [0.3, 0.4) is 0 Å². The summed E-state index contributed by atoms with van der Waals surface area (Å²) in [7, 11) is 0. The highest BCUT2D eigenvalue weighted by atomic mass is 79.9. The molecule has 2 aromatic carbocycles. The highest BCUT2D eigenvalue weighted by Gasteiger charge is 2.16. The summed E-state index contributed by atoms with van der Waals surface area (Å²) >= 11 is 4.84. The number of thioether (sulfide) groups is 1. The van der Waals surface area contributed by atoms with Crippen molar-refractivity contribution in [3.8, 4) is 5.69 Å². The second-order valence-electron chi connectivity index (χ2n) is 6.88. The second kappa shape index (κ2) is 10.5. The molecule has 0 saturated carbocycles. The number of carbonyl (C=O) groups is 2. The molecule has 0 unspecified atom stereocenters. The number of halogens is 1. The number of Topliss-reactive ketones (excluding diaryl/α,β-unsaturated/α-hetero) is 1. The molecule has 0 atom stereocenters. The van der Waals surface area contributed by atoms with Crippen molar-refractivity contribution in [1.82, 2.24) is 20.1 Å². The summed E-state index contributed by atoms with van der Waals surface area (Å²) in [6.07, 6.45) is 1.41. The molecule has 156 valence electrons. The summed E-state index contributed by atoms with van der Waals surface area (Å²) in [6.45, 7) is 4.08. The molecule has 1 heterocycles. The third-order valence-electron chi connectivity index (χ3n) is 4.44. The number of hydrogen-bond acceptors (Lipinski definition) is 5. The third-order valence-corrected chi connectivity index (χ3v) is 5.90. The lowest BCUT2D eigenvalue weighted by molar-refractivity contribution is -0.118. The molecule has 1 amide bonds. The van der Waals surface area contributed by atoms with Gasteiger partial charge in [0.05, 0.1) is 5.75 Å². The van der Waals surface area contributed by atoms with Crippen LogP contribution in [0.4, 0.5) is 0 Å². The maximum absolute atomic E-state index is 12.6. The van der Waals surface area contributed by atoms with Crippen molar-refractivity contribution in [2.24, 2.45) is 0 Å². The Labute approximate surface area is 188 Å². The fourth-order valence-corrected chi connectivity index (χ4v) is 4.00. The highest BCUT2D eigenvalue weighted by molar-refractivity contribution is 9.10. The lowest BCUT2D eigenvalue weighted by atomic mass is 10.1. The van der Waals surface area contributed by atoms with Crippen molar-refractivity contribution in [2.75, 3.05) is 12.3 Å². The first-order valence-corrected chi connectivity index (χ1v) is 11.4. The second-order valence-corrected chi connectivity index (χ2v) is 8.73. The molecular formula is C22H23BrN4O2S. The van der Waals surface area contributed by atoms with Crippen LogP contribution in [0.25, 0.3) is 5.69 Å². The minimum absolute atomic E-state index is 0.0461. The Kier molecular flexibility index (Phi) is 7.81. The molecule has 0 aliphatic rings. The minimum atomic E-state index is -0.0461. The molecule has 0 spiro atoms. The maximum atomic E-state index is 12.6. The molecule has 0 fully saturated rings. The Hall–Kier alpha value is -2.45. The van der Waals surface area contributed by atoms with E-state index in [1.165, 1.54) is 18.7 Å². The number of hydrogen-bond donors (Lipinski definition) is 1. The normalized spacial score (nSPS) is 10.8. The molecule has 0 aliphatic heterocycles. The first-order valence-electron chi connectivity index (χ1n) is 9.61. The van der Waals surface area contributed by atoms with Crippen LogP contribution < -0.4 is 5.32 Å². The molecule has 0 aliphatic carbocycles. The number of ketones is 1. The first kappa shape index (κ1) is 22.2. The van der Waals surface area contributed by atoms with Crippen molar-refractivity contribution >= 4 is 39.4 Å². The van der Waals surface area contributed by atoms with Crippen LogP contribution in [-0.2, 0) is 11.2 Å². The number of aromatic nitrogens is 3. The highest BCUT2D eigenvalue weighted by Crippen LogP contribution is 2.25. The minimum Gasteiger partial charge on any atom is -0.356 e. The Morgan fingerprint density at radius 1 is 1.07 bits per heavy atom. The summed E-state index contributed by atoms with van der Waals surface area (Å²) in [5.74, 6) is 1.09. The zero-order valence-electron chi connectivity index (χ0n) is 16.9. The SMILES string of the molecule is CC(=O)NCCCc1nnc(SCC(=O)c2ccc(C)cc2)n1-c1ccc(Br)cc1. The van der Waals surface area contributed by atoms with E-state index in [0.29, 0.717) is 23.7 Å². The van der Waals surface area contributed by atoms with Gasteiger partial charge in [-0.05, 0) is 37.6 Å². The van der Waals surface area contributed by atoms with Crippen molar-refractivity contribution in [1.29, 1.82) is 0 Å². The van der Waals surface area contributed by atoms with E-state index in [4.69, 9.17) is 0 Å². The molecule has 3 aromatic rings. The first-order chi connectivity index (χ1) is 14.4. The number of benzene rings is 2. The Morgan fingerprint density at radius 3 is 2.43 bits per heavy atom. The van der Waals surface area contributed by atoms with Gasteiger partial charge in [-0.25, -0.2) is 0 Å². The van der Waals surface area contributed by atoms with Crippen LogP contribution in [0.5, 0.6) is 0 Å². The van der Waals surface area contributed by atoms with Crippen LogP contribution in [0.1, 0.15) is 35.1 Å². The van der Waals surface area contributed by atoms with E-state index in [-0.39, 0.29) is 17.4 Å². The quantitative estimate of drug-likeness (QED) is 0.275. The molecule has 8 heteroatoms. The van der Waals surface area contributed by atoms with Crippen LogP contribution in [0, 0.1) is 6.92 Å². The predicted molar refractivity (Wildman–Crippen MR) is 122 cm³/mol. The van der Waals surface area contributed by atoms with Gasteiger partial charge in [0.25, 0.3) is 0 Å². The van der Waals surface area contributed by atoms with Crippen molar-refractivity contribution in [3.05, 3.63) is 70.0 Å². The van der Waals surface area contributed by atoms with E-state index >= 15 is 0 Å². The lowest BCUT2D eigenvalue weighted by Crippen LogP contribution is -2.21. The molecule has 0 radical (unpaired) electrons.